The molecular weight excluding hydrogens is 228 g/mol. The molecule has 1 fully saturated rings. The van der Waals surface area contributed by atoms with Crippen molar-refractivity contribution in [2.45, 2.75) is 45.1 Å². The molecule has 0 amide bonds. The van der Waals surface area contributed by atoms with Crippen LogP contribution >= 0.6 is 0 Å². The smallest absolute Gasteiger partial charge is 0.162 e. The number of methoxy groups -OCH3 is 1. The summed E-state index contributed by atoms with van der Waals surface area (Å²) < 4.78 is 11.3. The molecule has 98 valence electrons. The predicted molar refractivity (Wildman–Crippen MR) is 70.5 cm³/mol. The van der Waals surface area contributed by atoms with Crippen LogP contribution in [0.25, 0.3) is 0 Å². The van der Waals surface area contributed by atoms with Gasteiger partial charge in [-0.25, -0.2) is 0 Å². The number of benzene rings is 1. The van der Waals surface area contributed by atoms with Crippen molar-refractivity contribution in [1.29, 1.82) is 0 Å². The Balaban J connectivity index is 2.17. The Labute approximate surface area is 108 Å². The molecule has 18 heavy (non-hydrogen) atoms. The Hall–Kier alpha value is -1.51. The molecule has 0 unspecified atom stereocenters. The van der Waals surface area contributed by atoms with Crippen molar-refractivity contribution in [3.8, 4) is 11.5 Å². The molecule has 1 aliphatic rings. The van der Waals surface area contributed by atoms with E-state index in [4.69, 9.17) is 9.47 Å². The first-order valence-corrected chi connectivity index (χ1v) is 6.56. The maximum absolute atomic E-state index is 11.4. The summed E-state index contributed by atoms with van der Waals surface area (Å²) >= 11 is 0. The van der Waals surface area contributed by atoms with Crippen molar-refractivity contribution >= 4 is 5.78 Å². The molecule has 1 aromatic carbocycles. The van der Waals surface area contributed by atoms with Gasteiger partial charge in [0, 0.05) is 5.56 Å². The Kier molecular flexibility index (Phi) is 4.24. The van der Waals surface area contributed by atoms with Crippen LogP contribution in [0.4, 0.5) is 0 Å². The molecule has 0 spiro atoms. The van der Waals surface area contributed by atoms with E-state index < -0.39 is 0 Å². The molecule has 1 aliphatic carbocycles. The van der Waals surface area contributed by atoms with Crippen molar-refractivity contribution in [2.24, 2.45) is 0 Å². The SMILES string of the molecule is COc1ccc(C(C)=O)cc1OC1CCCCC1. The molecule has 0 saturated heterocycles. The molecule has 0 aromatic heterocycles. The lowest BCUT2D eigenvalue weighted by Crippen LogP contribution is -2.20. The minimum Gasteiger partial charge on any atom is -0.493 e. The van der Waals surface area contributed by atoms with E-state index in [2.05, 4.69) is 0 Å². The van der Waals surface area contributed by atoms with Crippen LogP contribution in [0.15, 0.2) is 18.2 Å². The van der Waals surface area contributed by atoms with E-state index in [0.29, 0.717) is 17.1 Å². The van der Waals surface area contributed by atoms with Crippen LogP contribution in [-0.2, 0) is 0 Å². The number of ketones is 1. The number of carbonyl (C=O) groups is 1. The molecule has 0 bridgehead atoms. The van der Waals surface area contributed by atoms with Crippen LogP contribution < -0.4 is 9.47 Å². The van der Waals surface area contributed by atoms with Crippen LogP contribution in [0.2, 0.25) is 0 Å². The molecule has 0 radical (unpaired) electrons. The number of hydrogen-bond donors (Lipinski definition) is 0. The molecule has 0 atom stereocenters. The number of ether oxygens (including phenoxy) is 2. The number of Topliss-reactive ketones (excluding diaryl/α,β-unsaturated/α-hetero) is 1. The highest BCUT2D eigenvalue weighted by molar-refractivity contribution is 5.94. The van der Waals surface area contributed by atoms with E-state index >= 15 is 0 Å². The molecule has 0 heterocycles. The normalized spacial score (nSPS) is 16.3. The van der Waals surface area contributed by atoms with Gasteiger partial charge in [0.1, 0.15) is 0 Å². The van der Waals surface area contributed by atoms with E-state index in [1.165, 1.54) is 19.3 Å². The van der Waals surface area contributed by atoms with Crippen molar-refractivity contribution in [3.63, 3.8) is 0 Å². The van der Waals surface area contributed by atoms with Gasteiger partial charge in [-0.15, -0.1) is 0 Å². The quantitative estimate of drug-likeness (QED) is 0.763. The minimum absolute atomic E-state index is 0.0474. The summed E-state index contributed by atoms with van der Waals surface area (Å²) in [5.74, 6) is 1.44. The second-order valence-corrected chi connectivity index (χ2v) is 4.80. The maximum Gasteiger partial charge on any atom is 0.162 e. The second-order valence-electron chi connectivity index (χ2n) is 4.80. The Morgan fingerprint density at radius 2 is 1.89 bits per heavy atom. The zero-order chi connectivity index (χ0) is 13.0. The van der Waals surface area contributed by atoms with Gasteiger partial charge in [0.15, 0.2) is 17.3 Å². The van der Waals surface area contributed by atoms with Crippen LogP contribution in [-0.4, -0.2) is 19.0 Å². The molecule has 3 heteroatoms. The first kappa shape index (κ1) is 12.9. The molecular formula is C15H20O3. The van der Waals surface area contributed by atoms with E-state index in [1.807, 2.05) is 0 Å². The van der Waals surface area contributed by atoms with Gasteiger partial charge in [-0.1, -0.05) is 6.42 Å². The highest BCUT2D eigenvalue weighted by Crippen LogP contribution is 2.32. The summed E-state index contributed by atoms with van der Waals surface area (Å²) in [4.78, 5) is 11.4. The van der Waals surface area contributed by atoms with Gasteiger partial charge in [-0.05, 0) is 50.8 Å². The molecule has 1 saturated carbocycles. The third-order valence-corrected chi connectivity index (χ3v) is 3.42. The fourth-order valence-corrected chi connectivity index (χ4v) is 2.35. The van der Waals surface area contributed by atoms with Gasteiger partial charge in [0.25, 0.3) is 0 Å². The lowest BCUT2D eigenvalue weighted by Gasteiger charge is -2.24. The summed E-state index contributed by atoms with van der Waals surface area (Å²) in [5.41, 5.74) is 0.668. The molecule has 2 rings (SSSR count). The van der Waals surface area contributed by atoms with Crippen LogP contribution in [0.3, 0.4) is 0 Å². The third kappa shape index (κ3) is 3.03. The Bertz CT molecular complexity index is 420. The average Bonchev–Trinajstić information content (AvgIpc) is 2.39. The van der Waals surface area contributed by atoms with Gasteiger partial charge in [-0.2, -0.15) is 0 Å². The average molecular weight is 248 g/mol. The molecule has 0 aliphatic heterocycles. The fourth-order valence-electron chi connectivity index (χ4n) is 2.35. The molecule has 1 aromatic rings. The van der Waals surface area contributed by atoms with E-state index in [-0.39, 0.29) is 11.9 Å². The van der Waals surface area contributed by atoms with E-state index in [0.717, 1.165) is 12.8 Å². The number of carbonyl (C=O) groups excluding carboxylic acids is 1. The standard InChI is InChI=1S/C15H20O3/c1-11(16)12-8-9-14(17-2)15(10-12)18-13-6-4-3-5-7-13/h8-10,13H,3-7H2,1-2H3. The number of hydrogen-bond acceptors (Lipinski definition) is 3. The van der Waals surface area contributed by atoms with Crippen molar-refractivity contribution < 1.29 is 14.3 Å². The highest BCUT2D eigenvalue weighted by Gasteiger charge is 2.17. The van der Waals surface area contributed by atoms with Gasteiger partial charge in [0.05, 0.1) is 13.2 Å². The minimum atomic E-state index is 0.0474. The summed E-state index contributed by atoms with van der Waals surface area (Å²) in [7, 11) is 1.62. The summed E-state index contributed by atoms with van der Waals surface area (Å²) in [6.45, 7) is 1.56. The van der Waals surface area contributed by atoms with Crippen molar-refractivity contribution in [1.82, 2.24) is 0 Å². The number of rotatable bonds is 4. The lowest BCUT2D eigenvalue weighted by atomic mass is 9.98. The van der Waals surface area contributed by atoms with Crippen molar-refractivity contribution in [3.05, 3.63) is 23.8 Å². The van der Waals surface area contributed by atoms with Gasteiger partial charge in [-0.3, -0.25) is 4.79 Å². The van der Waals surface area contributed by atoms with E-state index in [9.17, 15) is 4.79 Å². The lowest BCUT2D eigenvalue weighted by molar-refractivity contribution is 0.101. The zero-order valence-corrected chi connectivity index (χ0v) is 11.1. The van der Waals surface area contributed by atoms with E-state index in [1.54, 1.807) is 32.2 Å². The van der Waals surface area contributed by atoms with Crippen LogP contribution in [0, 0.1) is 0 Å². The summed E-state index contributed by atoms with van der Waals surface area (Å²) in [6.07, 6.45) is 6.18. The van der Waals surface area contributed by atoms with Gasteiger partial charge >= 0.3 is 0 Å². The van der Waals surface area contributed by atoms with Crippen molar-refractivity contribution in [2.75, 3.05) is 7.11 Å². The molecule has 0 N–H and O–H groups in total. The monoisotopic (exact) mass is 248 g/mol. The maximum atomic E-state index is 11.4. The summed E-state index contributed by atoms with van der Waals surface area (Å²) in [6, 6.07) is 5.36. The Morgan fingerprint density at radius 3 is 2.50 bits per heavy atom. The van der Waals surface area contributed by atoms with Gasteiger partial charge in [0.2, 0.25) is 0 Å². The predicted octanol–water partition coefficient (Wildman–Crippen LogP) is 3.61. The highest BCUT2D eigenvalue weighted by atomic mass is 16.5. The van der Waals surface area contributed by atoms with Crippen LogP contribution in [0.1, 0.15) is 49.4 Å². The zero-order valence-electron chi connectivity index (χ0n) is 11.1. The molecule has 3 nitrogen and oxygen atoms in total. The Morgan fingerprint density at radius 1 is 1.17 bits per heavy atom. The van der Waals surface area contributed by atoms with Gasteiger partial charge < -0.3 is 9.47 Å². The second kappa shape index (κ2) is 5.89. The largest absolute Gasteiger partial charge is 0.493 e. The topological polar surface area (TPSA) is 35.5 Å². The first-order valence-electron chi connectivity index (χ1n) is 6.56. The third-order valence-electron chi connectivity index (χ3n) is 3.42. The first-order chi connectivity index (χ1) is 8.70. The van der Waals surface area contributed by atoms with Crippen LogP contribution in [0.5, 0.6) is 11.5 Å². The summed E-state index contributed by atoms with van der Waals surface area (Å²) in [5, 5.41) is 0. The fraction of sp³-hybridized carbons (Fsp3) is 0.533.